The fraction of sp³-hybridized carbons (Fsp3) is 0.455. The molecule has 18 heavy (non-hydrogen) atoms. The Morgan fingerprint density at radius 2 is 2.17 bits per heavy atom. The molecule has 1 unspecified atom stereocenters. The van der Waals surface area contributed by atoms with Crippen LogP contribution in [0.1, 0.15) is 6.42 Å². The van der Waals surface area contributed by atoms with E-state index in [0.29, 0.717) is 10.2 Å². The highest BCUT2D eigenvalue weighted by Crippen LogP contribution is 2.33. The van der Waals surface area contributed by atoms with Crippen LogP contribution in [0.2, 0.25) is 0 Å². The average Bonchev–Trinajstić information content (AvgIpc) is 2.72. The van der Waals surface area contributed by atoms with Crippen LogP contribution in [0.25, 0.3) is 0 Å². The van der Waals surface area contributed by atoms with Gasteiger partial charge in [-0.3, -0.25) is 0 Å². The summed E-state index contributed by atoms with van der Waals surface area (Å²) in [6.07, 6.45) is -3.81. The Morgan fingerprint density at radius 3 is 2.78 bits per heavy atom. The third kappa shape index (κ3) is 3.78. The Kier molecular flexibility index (Phi) is 4.01. The molecular formula is C11H12BrF3N2O. The molecule has 1 heterocycles. The van der Waals surface area contributed by atoms with E-state index in [1.807, 2.05) is 0 Å². The third-order valence-electron chi connectivity index (χ3n) is 2.59. The summed E-state index contributed by atoms with van der Waals surface area (Å²) in [7, 11) is 0. The topological polar surface area (TPSA) is 33.3 Å². The molecule has 1 saturated heterocycles. The number of anilines is 1. The molecule has 0 amide bonds. The fourth-order valence-corrected chi connectivity index (χ4v) is 2.16. The van der Waals surface area contributed by atoms with Gasteiger partial charge in [0.1, 0.15) is 0 Å². The number of hydrogen-bond donors (Lipinski definition) is 2. The van der Waals surface area contributed by atoms with Gasteiger partial charge in [-0.15, -0.1) is 13.2 Å². The zero-order valence-corrected chi connectivity index (χ0v) is 10.9. The molecule has 1 fully saturated rings. The molecule has 0 saturated carbocycles. The molecule has 0 radical (unpaired) electrons. The first-order valence-electron chi connectivity index (χ1n) is 5.46. The van der Waals surface area contributed by atoms with Gasteiger partial charge >= 0.3 is 6.36 Å². The van der Waals surface area contributed by atoms with Crippen molar-refractivity contribution in [2.45, 2.75) is 18.8 Å². The van der Waals surface area contributed by atoms with Crippen molar-refractivity contribution < 1.29 is 17.9 Å². The van der Waals surface area contributed by atoms with Crippen molar-refractivity contribution in [1.82, 2.24) is 5.32 Å². The Bertz CT molecular complexity index is 419. The summed E-state index contributed by atoms with van der Waals surface area (Å²) >= 11 is 3.13. The first-order chi connectivity index (χ1) is 8.44. The highest BCUT2D eigenvalue weighted by atomic mass is 79.9. The lowest BCUT2D eigenvalue weighted by molar-refractivity contribution is -0.274. The maximum atomic E-state index is 12.3. The largest absolute Gasteiger partial charge is 0.573 e. The van der Waals surface area contributed by atoms with Crippen molar-refractivity contribution in [3.63, 3.8) is 0 Å². The summed E-state index contributed by atoms with van der Waals surface area (Å²) in [5.41, 5.74) is 0.351. The molecule has 1 aromatic rings. The molecular weight excluding hydrogens is 313 g/mol. The van der Waals surface area contributed by atoms with Crippen LogP contribution in [0.3, 0.4) is 0 Å². The second-order valence-electron chi connectivity index (χ2n) is 4.02. The monoisotopic (exact) mass is 324 g/mol. The summed E-state index contributed by atoms with van der Waals surface area (Å²) in [5.74, 6) is -0.219. The van der Waals surface area contributed by atoms with Crippen LogP contribution in [-0.4, -0.2) is 25.5 Å². The maximum absolute atomic E-state index is 12.3. The van der Waals surface area contributed by atoms with Crippen LogP contribution >= 0.6 is 15.9 Å². The molecule has 0 spiro atoms. The van der Waals surface area contributed by atoms with Crippen LogP contribution in [-0.2, 0) is 0 Å². The van der Waals surface area contributed by atoms with Crippen LogP contribution in [0.5, 0.6) is 5.75 Å². The van der Waals surface area contributed by atoms with Gasteiger partial charge in [0, 0.05) is 17.1 Å². The second-order valence-corrected chi connectivity index (χ2v) is 4.94. The molecule has 2 rings (SSSR count). The van der Waals surface area contributed by atoms with Crippen LogP contribution < -0.4 is 15.4 Å². The first-order valence-corrected chi connectivity index (χ1v) is 6.26. The number of benzene rings is 1. The summed E-state index contributed by atoms with van der Waals surface area (Å²) in [4.78, 5) is 0. The number of nitrogens with one attached hydrogen (secondary N) is 2. The van der Waals surface area contributed by atoms with Gasteiger partial charge < -0.3 is 15.4 Å². The van der Waals surface area contributed by atoms with Gasteiger partial charge in [-0.05, 0) is 31.2 Å². The molecule has 0 aliphatic carbocycles. The summed E-state index contributed by atoms with van der Waals surface area (Å²) in [6, 6.07) is 4.68. The Labute approximate surface area is 111 Å². The molecule has 1 atom stereocenters. The summed E-state index contributed by atoms with van der Waals surface area (Å²) < 4.78 is 41.4. The normalized spacial score (nSPS) is 19.9. The van der Waals surface area contributed by atoms with Gasteiger partial charge in [-0.2, -0.15) is 0 Å². The van der Waals surface area contributed by atoms with E-state index in [4.69, 9.17) is 0 Å². The van der Waals surface area contributed by atoms with Crippen molar-refractivity contribution in [3.8, 4) is 5.75 Å². The Hall–Kier alpha value is -0.950. The van der Waals surface area contributed by atoms with E-state index >= 15 is 0 Å². The van der Waals surface area contributed by atoms with Gasteiger partial charge in [0.05, 0.1) is 5.69 Å². The molecule has 3 nitrogen and oxygen atoms in total. The van der Waals surface area contributed by atoms with Gasteiger partial charge in [0.2, 0.25) is 0 Å². The van der Waals surface area contributed by atoms with Crippen LogP contribution in [0, 0.1) is 0 Å². The van der Waals surface area contributed by atoms with E-state index in [1.165, 1.54) is 6.07 Å². The molecule has 1 aliphatic heterocycles. The molecule has 1 aliphatic rings. The van der Waals surface area contributed by atoms with Gasteiger partial charge in [0.25, 0.3) is 0 Å². The van der Waals surface area contributed by atoms with Gasteiger partial charge in [-0.25, -0.2) is 0 Å². The summed E-state index contributed by atoms with van der Waals surface area (Å²) in [5, 5.41) is 6.19. The third-order valence-corrected chi connectivity index (χ3v) is 3.08. The molecule has 1 aromatic carbocycles. The van der Waals surface area contributed by atoms with Crippen LogP contribution in [0.15, 0.2) is 22.7 Å². The van der Waals surface area contributed by atoms with E-state index in [9.17, 15) is 13.2 Å². The van der Waals surface area contributed by atoms with Crippen LogP contribution in [0.4, 0.5) is 18.9 Å². The SMILES string of the molecule is FC(F)(F)Oc1cc(Br)ccc1NC1CCNC1. The molecule has 100 valence electrons. The highest BCUT2D eigenvalue weighted by molar-refractivity contribution is 9.10. The fourth-order valence-electron chi connectivity index (χ4n) is 1.82. The molecule has 2 N–H and O–H groups in total. The standard InChI is InChI=1S/C11H12BrF3N2O/c12-7-1-2-9(17-8-3-4-16-6-8)10(5-7)18-11(13,14)15/h1-2,5,8,16-17H,3-4,6H2. The first kappa shape index (κ1) is 13.5. The zero-order valence-electron chi connectivity index (χ0n) is 9.35. The lowest BCUT2D eigenvalue weighted by Crippen LogP contribution is -2.24. The minimum absolute atomic E-state index is 0.127. The molecule has 0 bridgehead atoms. The van der Waals surface area contributed by atoms with Gasteiger partial charge in [0.15, 0.2) is 5.75 Å². The lowest BCUT2D eigenvalue weighted by atomic mass is 10.2. The predicted octanol–water partition coefficient (Wildman–Crippen LogP) is 3.12. The van der Waals surface area contributed by atoms with Crippen molar-refractivity contribution in [1.29, 1.82) is 0 Å². The molecule has 0 aromatic heterocycles. The quantitative estimate of drug-likeness (QED) is 0.896. The zero-order chi connectivity index (χ0) is 13.2. The smallest absolute Gasteiger partial charge is 0.404 e. The van der Waals surface area contributed by atoms with Crippen molar-refractivity contribution in [3.05, 3.63) is 22.7 Å². The Balaban J connectivity index is 2.16. The van der Waals surface area contributed by atoms with E-state index in [1.54, 1.807) is 12.1 Å². The van der Waals surface area contributed by atoms with Crippen molar-refractivity contribution in [2.75, 3.05) is 18.4 Å². The maximum Gasteiger partial charge on any atom is 0.573 e. The van der Waals surface area contributed by atoms with Gasteiger partial charge in [-0.1, -0.05) is 15.9 Å². The summed E-state index contributed by atoms with van der Waals surface area (Å²) in [6.45, 7) is 1.60. The number of hydrogen-bond acceptors (Lipinski definition) is 3. The van der Waals surface area contributed by atoms with E-state index in [2.05, 4.69) is 31.3 Å². The van der Waals surface area contributed by atoms with Crippen molar-refractivity contribution in [2.24, 2.45) is 0 Å². The van der Waals surface area contributed by atoms with E-state index in [0.717, 1.165) is 19.5 Å². The molecule has 7 heteroatoms. The second kappa shape index (κ2) is 5.36. The van der Waals surface area contributed by atoms with Crippen molar-refractivity contribution >= 4 is 21.6 Å². The lowest BCUT2D eigenvalue weighted by Gasteiger charge is -2.18. The average molecular weight is 325 g/mol. The highest BCUT2D eigenvalue weighted by Gasteiger charge is 2.32. The minimum atomic E-state index is -4.69. The predicted molar refractivity (Wildman–Crippen MR) is 65.7 cm³/mol. The Morgan fingerprint density at radius 1 is 1.39 bits per heavy atom. The number of alkyl halides is 3. The minimum Gasteiger partial charge on any atom is -0.404 e. The number of halogens is 4. The number of ether oxygens (including phenoxy) is 1. The van der Waals surface area contributed by atoms with E-state index < -0.39 is 6.36 Å². The van der Waals surface area contributed by atoms with E-state index in [-0.39, 0.29) is 11.8 Å². The number of rotatable bonds is 3.